The lowest BCUT2D eigenvalue weighted by atomic mass is 9.75. The Balaban J connectivity index is 2.15. The fourth-order valence-corrected chi connectivity index (χ4v) is 6.66. The lowest BCUT2D eigenvalue weighted by Crippen LogP contribution is -2.37. The number of rotatable bonds is 9. The molecule has 37 heavy (non-hydrogen) atoms. The van der Waals surface area contributed by atoms with E-state index in [1.54, 1.807) is 32.0 Å². The highest BCUT2D eigenvalue weighted by atomic mass is 33.1. The van der Waals surface area contributed by atoms with Crippen LogP contribution in [0, 0.1) is 23.0 Å². The lowest BCUT2D eigenvalue weighted by Gasteiger charge is -2.31. The van der Waals surface area contributed by atoms with Crippen molar-refractivity contribution in [1.29, 1.82) is 0 Å². The molecule has 1 aliphatic heterocycles. The van der Waals surface area contributed by atoms with Crippen LogP contribution in [-0.2, 0) is 27.9 Å². The fourth-order valence-electron chi connectivity index (χ4n) is 4.03. The monoisotopic (exact) mass is 546 g/mol. The van der Waals surface area contributed by atoms with Gasteiger partial charge in [0.05, 0.1) is 40.6 Å². The minimum atomic E-state index is -3.81. The van der Waals surface area contributed by atoms with Crippen LogP contribution < -0.4 is 0 Å². The van der Waals surface area contributed by atoms with Crippen LogP contribution in [0.4, 0.5) is 5.69 Å². The van der Waals surface area contributed by atoms with E-state index in [0.29, 0.717) is 16.4 Å². The number of carbonyl (C=O) groups is 2. The molecule has 0 aliphatic carbocycles. The van der Waals surface area contributed by atoms with Gasteiger partial charge in [-0.2, -0.15) is 0 Å². The predicted octanol–water partition coefficient (Wildman–Crippen LogP) is 4.19. The number of nitro benzene ring substituents is 1. The van der Waals surface area contributed by atoms with Crippen molar-refractivity contribution in [2.75, 3.05) is 19.5 Å². The normalized spacial score (nSPS) is 17.7. The first-order chi connectivity index (χ1) is 17.5. The van der Waals surface area contributed by atoms with Crippen LogP contribution in [0.3, 0.4) is 0 Å². The number of non-ortho nitro benzene ring substituents is 1. The van der Waals surface area contributed by atoms with Crippen molar-refractivity contribution in [2.45, 2.75) is 31.6 Å². The molecule has 0 aromatic heterocycles. The van der Waals surface area contributed by atoms with E-state index < -0.39 is 37.6 Å². The summed E-state index contributed by atoms with van der Waals surface area (Å²) in [6.07, 6.45) is 0. The summed E-state index contributed by atoms with van der Waals surface area (Å²) in [4.78, 5) is 41.4. The maximum absolute atomic E-state index is 13.1. The zero-order valence-electron chi connectivity index (χ0n) is 20.7. The molecule has 3 rings (SSSR count). The summed E-state index contributed by atoms with van der Waals surface area (Å²) in [5.74, 6) is -3.83. The van der Waals surface area contributed by atoms with E-state index in [1.165, 1.54) is 30.3 Å². The molecule has 2 aromatic carbocycles. The number of carbonyl (C=O) groups excluding carboxylic acids is 2. The van der Waals surface area contributed by atoms with Crippen molar-refractivity contribution < 1.29 is 32.4 Å². The van der Waals surface area contributed by atoms with Gasteiger partial charge in [-0.3, -0.25) is 19.9 Å². The summed E-state index contributed by atoms with van der Waals surface area (Å²) < 4.78 is 36.2. The highest BCUT2D eigenvalue weighted by molar-refractivity contribution is 8.72. The smallest absolute Gasteiger partial charge is 0.336 e. The molecule has 2 atom stereocenters. The molecule has 1 heterocycles. The first-order valence-electron chi connectivity index (χ1n) is 11.2. The SMILES string of the molecule is CCOC(=O)C1C(C)=NC(CSS(=O)(=O)c2ccc(C)cc2)=C(C(=O)OC)C1c1cccc([N+](=O)[O-])c1. The van der Waals surface area contributed by atoms with Gasteiger partial charge in [0.25, 0.3) is 5.69 Å². The second-order valence-electron chi connectivity index (χ2n) is 8.19. The van der Waals surface area contributed by atoms with Crippen LogP contribution in [-0.4, -0.2) is 50.5 Å². The first kappa shape index (κ1) is 28.1. The van der Waals surface area contributed by atoms with Gasteiger partial charge >= 0.3 is 11.9 Å². The summed E-state index contributed by atoms with van der Waals surface area (Å²) in [6, 6.07) is 11.9. The summed E-state index contributed by atoms with van der Waals surface area (Å²) in [5, 5.41) is 11.4. The maximum Gasteiger partial charge on any atom is 0.336 e. The van der Waals surface area contributed by atoms with Crippen LogP contribution in [0.15, 0.2) is 69.7 Å². The number of methoxy groups -OCH3 is 1. The molecule has 0 bridgehead atoms. The summed E-state index contributed by atoms with van der Waals surface area (Å²) in [6.45, 7) is 5.10. The standard InChI is InChI=1S/C25H26N2O8S2/c1-5-35-25(29)21-16(3)26-20(14-36-37(32,33)19-11-9-15(2)10-12-19)23(24(28)34-4)22(21)17-7-6-8-18(13-17)27(30)31/h6-13,21-22H,5,14H2,1-4H3. The zero-order chi connectivity index (χ0) is 27.3. The van der Waals surface area contributed by atoms with Crippen LogP contribution in [0.25, 0.3) is 0 Å². The topological polar surface area (TPSA) is 142 Å². The molecule has 2 aromatic rings. The van der Waals surface area contributed by atoms with Gasteiger partial charge in [0.2, 0.25) is 8.87 Å². The van der Waals surface area contributed by atoms with E-state index in [-0.39, 0.29) is 39.9 Å². The second-order valence-corrected chi connectivity index (χ2v) is 12.1. The Morgan fingerprint density at radius 3 is 2.41 bits per heavy atom. The summed E-state index contributed by atoms with van der Waals surface area (Å²) in [7, 11) is -2.08. The Labute approximate surface area is 218 Å². The van der Waals surface area contributed by atoms with Crippen LogP contribution in [0.5, 0.6) is 0 Å². The predicted molar refractivity (Wildman–Crippen MR) is 139 cm³/mol. The molecule has 0 radical (unpaired) electrons. The van der Waals surface area contributed by atoms with Crippen molar-refractivity contribution in [2.24, 2.45) is 10.9 Å². The Morgan fingerprint density at radius 1 is 1.14 bits per heavy atom. The van der Waals surface area contributed by atoms with Crippen molar-refractivity contribution in [1.82, 2.24) is 0 Å². The van der Waals surface area contributed by atoms with E-state index in [0.717, 1.165) is 12.7 Å². The van der Waals surface area contributed by atoms with Crippen molar-refractivity contribution in [3.8, 4) is 0 Å². The average Bonchev–Trinajstić information content (AvgIpc) is 2.87. The fraction of sp³-hybridized carbons (Fsp3) is 0.320. The third kappa shape index (κ3) is 6.25. The number of aryl methyl sites for hydroxylation is 1. The first-order valence-corrected chi connectivity index (χ1v) is 14.2. The Kier molecular flexibility index (Phi) is 8.87. The molecule has 12 heteroatoms. The van der Waals surface area contributed by atoms with Crippen molar-refractivity contribution in [3.05, 3.63) is 81.0 Å². The van der Waals surface area contributed by atoms with E-state index in [2.05, 4.69) is 4.99 Å². The molecule has 0 fully saturated rings. The molecular formula is C25H26N2O8S2. The van der Waals surface area contributed by atoms with E-state index in [4.69, 9.17) is 9.47 Å². The van der Waals surface area contributed by atoms with Gasteiger partial charge in [-0.25, -0.2) is 13.2 Å². The Morgan fingerprint density at radius 2 is 1.81 bits per heavy atom. The average molecular weight is 547 g/mol. The molecule has 0 spiro atoms. The van der Waals surface area contributed by atoms with Crippen LogP contribution in [0.1, 0.15) is 30.9 Å². The molecule has 1 aliphatic rings. The molecule has 0 saturated heterocycles. The van der Waals surface area contributed by atoms with Crippen LogP contribution in [0.2, 0.25) is 0 Å². The van der Waals surface area contributed by atoms with Gasteiger partial charge in [-0.1, -0.05) is 29.8 Å². The lowest BCUT2D eigenvalue weighted by molar-refractivity contribution is -0.384. The van der Waals surface area contributed by atoms with Crippen molar-refractivity contribution >= 4 is 43.0 Å². The van der Waals surface area contributed by atoms with Gasteiger partial charge < -0.3 is 9.47 Å². The van der Waals surface area contributed by atoms with E-state index in [9.17, 15) is 28.1 Å². The number of hydrogen-bond donors (Lipinski definition) is 0. The van der Waals surface area contributed by atoms with Gasteiger partial charge in [0.1, 0.15) is 5.92 Å². The molecule has 196 valence electrons. The van der Waals surface area contributed by atoms with E-state index >= 15 is 0 Å². The molecule has 2 unspecified atom stereocenters. The minimum absolute atomic E-state index is 0.0572. The molecule has 10 nitrogen and oxygen atoms in total. The number of aliphatic imine (C=N–C) groups is 1. The van der Waals surface area contributed by atoms with Gasteiger partial charge in [0, 0.05) is 23.8 Å². The molecule has 0 saturated carbocycles. The minimum Gasteiger partial charge on any atom is -0.466 e. The number of nitrogens with zero attached hydrogens (tertiary/aromatic N) is 2. The number of esters is 2. The Hall–Kier alpha value is -3.51. The largest absolute Gasteiger partial charge is 0.466 e. The van der Waals surface area contributed by atoms with Gasteiger partial charge in [-0.15, -0.1) is 0 Å². The van der Waals surface area contributed by atoms with Crippen molar-refractivity contribution in [3.63, 3.8) is 0 Å². The quantitative estimate of drug-likeness (QED) is 0.196. The van der Waals surface area contributed by atoms with Gasteiger partial charge in [0.15, 0.2) is 0 Å². The number of ether oxygens (including phenoxy) is 2. The van der Waals surface area contributed by atoms with E-state index in [1.807, 2.05) is 6.92 Å². The number of nitro groups is 1. The van der Waals surface area contributed by atoms with Gasteiger partial charge in [-0.05, 0) is 49.3 Å². The number of hydrogen-bond acceptors (Lipinski definition) is 10. The highest BCUT2D eigenvalue weighted by Crippen LogP contribution is 2.42. The third-order valence-corrected chi connectivity index (χ3v) is 9.18. The number of benzene rings is 2. The zero-order valence-corrected chi connectivity index (χ0v) is 22.3. The molecule has 0 N–H and O–H groups in total. The third-order valence-electron chi connectivity index (χ3n) is 5.76. The van der Waals surface area contributed by atoms with Crippen LogP contribution >= 0.6 is 10.8 Å². The highest BCUT2D eigenvalue weighted by Gasteiger charge is 2.43. The molecular weight excluding hydrogens is 520 g/mol. The summed E-state index contributed by atoms with van der Waals surface area (Å²) in [5.41, 5.74) is 1.29. The summed E-state index contributed by atoms with van der Waals surface area (Å²) >= 11 is 0. The second kappa shape index (κ2) is 11.7. The molecule has 0 amide bonds. The maximum atomic E-state index is 13.1. The Bertz CT molecular complexity index is 1380.